The third-order valence-electron chi connectivity index (χ3n) is 3.83. The molecule has 1 N–H and O–H groups in total. The van der Waals surface area contributed by atoms with E-state index in [2.05, 4.69) is 20.8 Å². The van der Waals surface area contributed by atoms with Crippen molar-refractivity contribution in [3.63, 3.8) is 0 Å². The average molecular weight is 395 g/mol. The highest BCUT2D eigenvalue weighted by Crippen LogP contribution is 2.22. The molecule has 2 heterocycles. The summed E-state index contributed by atoms with van der Waals surface area (Å²) in [6, 6.07) is 15.0. The number of hydrogen-bond donors (Lipinski definition) is 1. The van der Waals surface area contributed by atoms with Crippen molar-refractivity contribution < 1.29 is 13.9 Å². The number of amides is 1. The third-order valence-corrected chi connectivity index (χ3v) is 4.74. The van der Waals surface area contributed by atoms with Crippen LogP contribution in [0.2, 0.25) is 0 Å². The highest BCUT2D eigenvalue weighted by molar-refractivity contribution is 7.12. The number of tetrazole rings is 1. The lowest BCUT2D eigenvalue weighted by atomic mass is 10.2. The minimum atomic E-state index is -0.354. The summed E-state index contributed by atoms with van der Waals surface area (Å²) in [5, 5.41) is 15.7. The van der Waals surface area contributed by atoms with E-state index in [1.54, 1.807) is 29.6 Å². The molecular weight excluding hydrogens is 381 g/mol. The van der Waals surface area contributed by atoms with E-state index >= 15 is 0 Å². The second-order valence-electron chi connectivity index (χ2n) is 5.79. The van der Waals surface area contributed by atoms with Gasteiger partial charge in [0.2, 0.25) is 0 Å². The Morgan fingerprint density at radius 2 is 2.07 bits per heavy atom. The first-order chi connectivity index (χ1) is 13.7. The van der Waals surface area contributed by atoms with Gasteiger partial charge in [0.05, 0.1) is 5.69 Å². The van der Waals surface area contributed by atoms with Crippen molar-refractivity contribution in [1.82, 2.24) is 20.2 Å². The van der Waals surface area contributed by atoms with Crippen molar-refractivity contribution in [3.8, 4) is 11.4 Å². The zero-order chi connectivity index (χ0) is 19.3. The fraction of sp³-hybridized carbons (Fsp3) is 0.0526. The summed E-state index contributed by atoms with van der Waals surface area (Å²) in [7, 11) is 0. The summed E-state index contributed by atoms with van der Waals surface area (Å²) < 4.78 is 20.3. The Labute approximate surface area is 163 Å². The minimum Gasteiger partial charge on any atom is -0.489 e. The first kappa shape index (κ1) is 17.8. The van der Waals surface area contributed by atoms with Gasteiger partial charge in [-0.05, 0) is 51.7 Å². The van der Waals surface area contributed by atoms with E-state index in [-0.39, 0.29) is 18.3 Å². The number of thiophene rings is 1. The van der Waals surface area contributed by atoms with Gasteiger partial charge in [0.25, 0.3) is 5.91 Å². The van der Waals surface area contributed by atoms with Gasteiger partial charge in [0.15, 0.2) is 0 Å². The maximum atomic E-state index is 13.2. The van der Waals surface area contributed by atoms with Gasteiger partial charge in [0.1, 0.15) is 29.4 Å². The van der Waals surface area contributed by atoms with Crippen LogP contribution >= 0.6 is 11.3 Å². The molecule has 4 aromatic rings. The highest BCUT2D eigenvalue weighted by Gasteiger charge is 2.16. The van der Waals surface area contributed by atoms with Gasteiger partial charge in [-0.15, -0.1) is 16.4 Å². The number of halogens is 1. The molecule has 0 radical (unpaired) electrons. The molecule has 0 aliphatic rings. The van der Waals surface area contributed by atoms with Gasteiger partial charge in [-0.3, -0.25) is 4.79 Å². The number of nitrogens with one attached hydrogen (secondary N) is 1. The molecule has 0 bridgehead atoms. The number of aromatic nitrogens is 4. The molecule has 7 nitrogen and oxygen atoms in total. The van der Waals surface area contributed by atoms with E-state index in [1.165, 1.54) is 34.5 Å². The van der Waals surface area contributed by atoms with Crippen LogP contribution in [-0.2, 0) is 6.61 Å². The van der Waals surface area contributed by atoms with E-state index < -0.39 is 0 Å². The molecule has 4 rings (SSSR count). The lowest BCUT2D eigenvalue weighted by molar-refractivity contribution is 0.103. The normalized spacial score (nSPS) is 10.6. The van der Waals surface area contributed by atoms with E-state index in [4.69, 9.17) is 4.74 Å². The van der Waals surface area contributed by atoms with Crippen molar-refractivity contribution in [2.75, 3.05) is 5.32 Å². The van der Waals surface area contributed by atoms with Crippen LogP contribution in [0.15, 0.2) is 66.3 Å². The lowest BCUT2D eigenvalue weighted by Gasteiger charge is -2.09. The SMILES string of the molecule is O=C(Nc1cccc(COc2cccc(F)c2)c1)c1sccc1-n1cnnn1. The van der Waals surface area contributed by atoms with E-state index in [0.717, 1.165) is 5.56 Å². The molecule has 0 saturated carbocycles. The van der Waals surface area contributed by atoms with Gasteiger partial charge >= 0.3 is 0 Å². The number of benzene rings is 2. The second-order valence-corrected chi connectivity index (χ2v) is 6.71. The fourth-order valence-corrected chi connectivity index (χ4v) is 3.35. The monoisotopic (exact) mass is 395 g/mol. The zero-order valence-corrected chi connectivity index (χ0v) is 15.3. The van der Waals surface area contributed by atoms with Crippen LogP contribution < -0.4 is 10.1 Å². The fourth-order valence-electron chi connectivity index (χ4n) is 2.57. The van der Waals surface area contributed by atoms with Crippen LogP contribution in [0.5, 0.6) is 5.75 Å². The maximum absolute atomic E-state index is 13.2. The van der Waals surface area contributed by atoms with E-state index in [9.17, 15) is 9.18 Å². The van der Waals surface area contributed by atoms with Gasteiger partial charge in [0, 0.05) is 11.8 Å². The van der Waals surface area contributed by atoms with Crippen LogP contribution in [-0.4, -0.2) is 26.1 Å². The van der Waals surface area contributed by atoms with Crippen molar-refractivity contribution in [2.45, 2.75) is 6.61 Å². The minimum absolute atomic E-state index is 0.252. The predicted molar refractivity (Wildman–Crippen MR) is 102 cm³/mol. The molecule has 0 aliphatic heterocycles. The van der Waals surface area contributed by atoms with Crippen LogP contribution in [0.4, 0.5) is 10.1 Å². The number of nitrogens with zero attached hydrogens (tertiary/aromatic N) is 4. The largest absolute Gasteiger partial charge is 0.489 e. The van der Waals surface area contributed by atoms with Crippen molar-refractivity contribution in [2.24, 2.45) is 0 Å². The molecule has 2 aromatic heterocycles. The zero-order valence-electron chi connectivity index (χ0n) is 14.4. The third kappa shape index (κ3) is 4.04. The summed E-state index contributed by atoms with van der Waals surface area (Å²) in [6.45, 7) is 0.252. The molecular formula is C19H14FN5O2S. The Hall–Kier alpha value is -3.59. The molecule has 1 amide bonds. The summed E-state index contributed by atoms with van der Waals surface area (Å²) in [5.74, 6) is -0.171. The van der Waals surface area contributed by atoms with Crippen LogP contribution in [0, 0.1) is 5.82 Å². The van der Waals surface area contributed by atoms with Crippen LogP contribution in [0.3, 0.4) is 0 Å². The molecule has 140 valence electrons. The Kier molecular flexibility index (Phi) is 5.07. The molecule has 2 aromatic carbocycles. The van der Waals surface area contributed by atoms with Crippen LogP contribution in [0.25, 0.3) is 5.69 Å². The Balaban J connectivity index is 1.45. The topological polar surface area (TPSA) is 81.9 Å². The van der Waals surface area contributed by atoms with Crippen molar-refractivity contribution in [3.05, 3.63) is 82.6 Å². The van der Waals surface area contributed by atoms with Crippen LogP contribution in [0.1, 0.15) is 15.2 Å². The number of rotatable bonds is 6. The summed E-state index contributed by atoms with van der Waals surface area (Å²) >= 11 is 1.30. The standard InChI is InChI=1S/C19H14FN5O2S/c20-14-4-2-6-16(10-14)27-11-13-3-1-5-15(9-13)22-19(26)18-17(7-8-28-18)25-12-21-23-24-25/h1-10,12H,11H2,(H,22,26). The Morgan fingerprint density at radius 3 is 2.89 bits per heavy atom. The summed E-state index contributed by atoms with van der Waals surface area (Å²) in [4.78, 5) is 13.2. The predicted octanol–water partition coefficient (Wildman–Crippen LogP) is 3.69. The van der Waals surface area contributed by atoms with Gasteiger partial charge in [-0.2, -0.15) is 4.68 Å². The smallest absolute Gasteiger partial charge is 0.267 e. The quantitative estimate of drug-likeness (QED) is 0.538. The molecule has 0 fully saturated rings. The molecule has 0 spiro atoms. The number of hydrogen-bond acceptors (Lipinski definition) is 6. The average Bonchev–Trinajstić information content (AvgIpc) is 3.38. The maximum Gasteiger partial charge on any atom is 0.267 e. The second kappa shape index (κ2) is 7.97. The Bertz CT molecular complexity index is 1100. The number of anilines is 1. The highest BCUT2D eigenvalue weighted by atomic mass is 32.1. The van der Waals surface area contributed by atoms with E-state index in [0.29, 0.717) is 22.0 Å². The van der Waals surface area contributed by atoms with E-state index in [1.807, 2.05) is 18.2 Å². The number of carbonyl (C=O) groups is 1. The molecule has 0 atom stereocenters. The van der Waals surface area contributed by atoms with Crippen molar-refractivity contribution >= 4 is 22.9 Å². The number of ether oxygens (including phenoxy) is 1. The first-order valence-electron chi connectivity index (χ1n) is 8.28. The molecule has 28 heavy (non-hydrogen) atoms. The van der Waals surface area contributed by atoms with Gasteiger partial charge < -0.3 is 10.1 Å². The summed E-state index contributed by atoms with van der Waals surface area (Å²) in [6.07, 6.45) is 1.43. The lowest BCUT2D eigenvalue weighted by Crippen LogP contribution is -2.13. The van der Waals surface area contributed by atoms with Gasteiger partial charge in [-0.25, -0.2) is 4.39 Å². The molecule has 0 aliphatic carbocycles. The summed E-state index contributed by atoms with van der Waals surface area (Å²) in [5.41, 5.74) is 2.08. The number of carbonyl (C=O) groups excluding carboxylic acids is 1. The molecule has 9 heteroatoms. The molecule has 0 unspecified atom stereocenters. The Morgan fingerprint density at radius 1 is 1.18 bits per heavy atom. The first-order valence-corrected chi connectivity index (χ1v) is 9.16. The van der Waals surface area contributed by atoms with Crippen molar-refractivity contribution in [1.29, 1.82) is 0 Å². The molecule has 0 saturated heterocycles. The van der Waals surface area contributed by atoms with Gasteiger partial charge in [-0.1, -0.05) is 18.2 Å².